The van der Waals surface area contributed by atoms with E-state index in [1.54, 1.807) is 17.3 Å². The van der Waals surface area contributed by atoms with Gasteiger partial charge in [-0.05, 0) is 47.8 Å². The molecule has 1 saturated heterocycles. The van der Waals surface area contributed by atoms with Crippen LogP contribution in [0.4, 0.5) is 4.79 Å². The van der Waals surface area contributed by atoms with E-state index in [0.29, 0.717) is 6.54 Å². The second-order valence-electron chi connectivity index (χ2n) is 9.64. The maximum Gasteiger partial charge on any atom is 0.410 e. The van der Waals surface area contributed by atoms with Gasteiger partial charge in [-0.2, -0.15) is 0 Å². The number of amides is 1. The zero-order valence-corrected chi connectivity index (χ0v) is 20.2. The minimum atomic E-state index is -1.93. The molecule has 2 atom stereocenters. The zero-order valence-electron chi connectivity index (χ0n) is 19.2. The number of aromatic nitrogens is 1. The first kappa shape index (κ1) is 23.2. The number of nitrogens with zero attached hydrogens (tertiary/aromatic N) is 2. The lowest BCUT2D eigenvalue weighted by Crippen LogP contribution is -2.44. The first-order valence-electron chi connectivity index (χ1n) is 10.9. The summed E-state index contributed by atoms with van der Waals surface area (Å²) in [4.78, 5) is 18.8. The number of likely N-dealkylation sites (tertiary alicyclic amines) is 1. The molecule has 1 amide bonds. The van der Waals surface area contributed by atoms with E-state index in [1.165, 1.54) is 0 Å². The SMILES string of the molecule is CC(C)(C)[Si](C)(C)O[C@@H]1C[C@@H](C=Cc2ccncc2)N(C(=O)OCc2ccccc2)C1. The van der Waals surface area contributed by atoms with Crippen molar-refractivity contribution in [1.82, 2.24) is 9.88 Å². The molecular formula is C25H34N2O3Si. The Morgan fingerprint density at radius 2 is 1.84 bits per heavy atom. The van der Waals surface area contributed by atoms with Crippen LogP contribution in [0.3, 0.4) is 0 Å². The van der Waals surface area contributed by atoms with Crippen LogP contribution in [0.5, 0.6) is 0 Å². The lowest BCUT2D eigenvalue weighted by Gasteiger charge is -2.38. The topological polar surface area (TPSA) is 51.7 Å². The Bertz CT molecular complexity index is 879. The van der Waals surface area contributed by atoms with Crippen molar-refractivity contribution in [3.05, 3.63) is 72.1 Å². The first-order chi connectivity index (χ1) is 14.7. The van der Waals surface area contributed by atoms with E-state index in [2.05, 4.69) is 44.9 Å². The molecule has 0 radical (unpaired) electrons. The molecule has 3 rings (SSSR count). The van der Waals surface area contributed by atoms with Crippen molar-refractivity contribution in [2.45, 2.75) is 64.1 Å². The van der Waals surface area contributed by atoms with Crippen LogP contribution >= 0.6 is 0 Å². The summed E-state index contributed by atoms with van der Waals surface area (Å²) in [6.07, 6.45) is 8.14. The molecule has 1 aromatic heterocycles. The summed E-state index contributed by atoms with van der Waals surface area (Å²) < 4.78 is 12.3. The fraction of sp³-hybridized carbons (Fsp3) is 0.440. The highest BCUT2D eigenvalue weighted by Gasteiger charge is 2.43. The van der Waals surface area contributed by atoms with Gasteiger partial charge in [0.2, 0.25) is 0 Å². The Morgan fingerprint density at radius 3 is 2.48 bits per heavy atom. The third-order valence-electron chi connectivity index (χ3n) is 6.23. The summed E-state index contributed by atoms with van der Waals surface area (Å²) in [6, 6.07) is 13.6. The van der Waals surface area contributed by atoms with Crippen LogP contribution in [0.1, 0.15) is 38.3 Å². The molecule has 2 aromatic rings. The maximum atomic E-state index is 13.0. The van der Waals surface area contributed by atoms with Crippen molar-refractivity contribution in [2.24, 2.45) is 0 Å². The normalized spacial score (nSPS) is 19.7. The van der Waals surface area contributed by atoms with Crippen molar-refractivity contribution in [2.75, 3.05) is 6.54 Å². The summed E-state index contributed by atoms with van der Waals surface area (Å²) in [5, 5.41) is 0.122. The van der Waals surface area contributed by atoms with Crippen molar-refractivity contribution in [3.8, 4) is 0 Å². The molecular weight excluding hydrogens is 404 g/mol. The lowest BCUT2D eigenvalue weighted by atomic mass is 10.1. The van der Waals surface area contributed by atoms with Crippen LogP contribution in [0.2, 0.25) is 18.1 Å². The van der Waals surface area contributed by atoms with E-state index in [-0.39, 0.29) is 29.9 Å². The van der Waals surface area contributed by atoms with Gasteiger partial charge in [0.1, 0.15) is 6.61 Å². The number of benzene rings is 1. The number of hydrogen-bond acceptors (Lipinski definition) is 4. The van der Waals surface area contributed by atoms with Crippen LogP contribution in [-0.2, 0) is 15.8 Å². The van der Waals surface area contributed by atoms with Gasteiger partial charge >= 0.3 is 6.09 Å². The van der Waals surface area contributed by atoms with Gasteiger partial charge < -0.3 is 9.16 Å². The fourth-order valence-corrected chi connectivity index (χ4v) is 4.75. The fourth-order valence-electron chi connectivity index (χ4n) is 3.40. The quantitative estimate of drug-likeness (QED) is 0.527. The molecule has 0 N–H and O–H groups in total. The molecule has 1 aliphatic rings. The van der Waals surface area contributed by atoms with E-state index in [1.807, 2.05) is 48.5 Å². The smallest absolute Gasteiger partial charge is 0.410 e. The zero-order chi connectivity index (χ0) is 22.5. The molecule has 1 aromatic carbocycles. The van der Waals surface area contributed by atoms with Gasteiger partial charge in [0, 0.05) is 18.9 Å². The average molecular weight is 439 g/mol. The Kier molecular flexibility index (Phi) is 7.33. The van der Waals surface area contributed by atoms with Crippen LogP contribution in [0.15, 0.2) is 60.9 Å². The van der Waals surface area contributed by atoms with Gasteiger partial charge in [-0.25, -0.2) is 4.79 Å². The van der Waals surface area contributed by atoms with E-state index >= 15 is 0 Å². The third kappa shape index (κ3) is 6.28. The highest BCUT2D eigenvalue weighted by Crippen LogP contribution is 2.39. The second-order valence-corrected chi connectivity index (χ2v) is 14.4. The van der Waals surface area contributed by atoms with Crippen LogP contribution in [0.25, 0.3) is 6.08 Å². The van der Waals surface area contributed by atoms with E-state index in [0.717, 1.165) is 17.5 Å². The molecule has 31 heavy (non-hydrogen) atoms. The standard InChI is InChI=1S/C25H34N2O3Si/c1-25(2,3)31(4,5)30-23-17-22(12-11-20-13-15-26-16-14-20)27(18-23)24(28)29-19-21-9-7-6-8-10-21/h6-16,22-23H,17-19H2,1-5H3/t22-,23-/m1/s1. The highest BCUT2D eigenvalue weighted by atomic mass is 28.4. The predicted octanol–water partition coefficient (Wildman–Crippen LogP) is 5.90. The van der Waals surface area contributed by atoms with Gasteiger partial charge in [-0.15, -0.1) is 0 Å². The number of carbonyl (C=O) groups is 1. The monoisotopic (exact) mass is 438 g/mol. The number of carbonyl (C=O) groups excluding carboxylic acids is 1. The minimum absolute atomic E-state index is 0.0113. The maximum absolute atomic E-state index is 13.0. The number of hydrogen-bond donors (Lipinski definition) is 0. The van der Waals surface area contributed by atoms with Gasteiger partial charge in [0.15, 0.2) is 8.32 Å². The molecule has 0 aliphatic carbocycles. The van der Waals surface area contributed by atoms with Gasteiger partial charge in [-0.3, -0.25) is 9.88 Å². The molecule has 1 aliphatic heterocycles. The molecule has 166 valence electrons. The Hall–Kier alpha value is -2.44. The van der Waals surface area contributed by atoms with Crippen molar-refractivity contribution >= 4 is 20.5 Å². The van der Waals surface area contributed by atoms with Crippen molar-refractivity contribution < 1.29 is 14.0 Å². The van der Waals surface area contributed by atoms with Crippen molar-refractivity contribution in [3.63, 3.8) is 0 Å². The lowest BCUT2D eigenvalue weighted by molar-refractivity contribution is 0.0927. The molecule has 0 unspecified atom stereocenters. The molecule has 1 fully saturated rings. The summed E-state index contributed by atoms with van der Waals surface area (Å²) in [5.74, 6) is 0. The Morgan fingerprint density at radius 1 is 1.16 bits per heavy atom. The van der Waals surface area contributed by atoms with E-state index < -0.39 is 8.32 Å². The number of ether oxygens (including phenoxy) is 1. The molecule has 0 spiro atoms. The summed E-state index contributed by atoms with van der Waals surface area (Å²) in [7, 11) is -1.93. The second kappa shape index (κ2) is 9.79. The van der Waals surface area contributed by atoms with E-state index in [4.69, 9.17) is 9.16 Å². The van der Waals surface area contributed by atoms with Gasteiger partial charge in [0.25, 0.3) is 0 Å². The Balaban J connectivity index is 1.72. The van der Waals surface area contributed by atoms with Gasteiger partial charge in [-0.1, -0.05) is 63.3 Å². The third-order valence-corrected chi connectivity index (χ3v) is 10.8. The highest BCUT2D eigenvalue weighted by molar-refractivity contribution is 6.74. The van der Waals surface area contributed by atoms with E-state index in [9.17, 15) is 4.79 Å². The minimum Gasteiger partial charge on any atom is -0.445 e. The summed E-state index contributed by atoms with van der Waals surface area (Å²) >= 11 is 0. The summed E-state index contributed by atoms with van der Waals surface area (Å²) in [5.41, 5.74) is 2.04. The molecule has 5 nitrogen and oxygen atoms in total. The summed E-state index contributed by atoms with van der Waals surface area (Å²) in [6.45, 7) is 12.0. The first-order valence-corrected chi connectivity index (χ1v) is 13.8. The van der Waals surface area contributed by atoms with Crippen LogP contribution in [-0.4, -0.2) is 43.0 Å². The molecule has 0 bridgehead atoms. The number of pyridine rings is 1. The largest absolute Gasteiger partial charge is 0.445 e. The number of rotatable bonds is 6. The predicted molar refractivity (Wildman–Crippen MR) is 127 cm³/mol. The van der Waals surface area contributed by atoms with Gasteiger partial charge in [0.05, 0.1) is 12.1 Å². The van der Waals surface area contributed by atoms with Crippen LogP contribution in [0, 0.1) is 0 Å². The Labute approximate surface area is 187 Å². The average Bonchev–Trinajstić information content (AvgIpc) is 3.13. The molecule has 0 saturated carbocycles. The molecule has 6 heteroatoms. The molecule has 2 heterocycles. The van der Waals surface area contributed by atoms with Crippen molar-refractivity contribution in [1.29, 1.82) is 0 Å². The van der Waals surface area contributed by atoms with Crippen LogP contribution < -0.4 is 0 Å².